The van der Waals surface area contributed by atoms with E-state index in [0.29, 0.717) is 33.1 Å². The summed E-state index contributed by atoms with van der Waals surface area (Å²) in [5.74, 6) is 1.20. The van der Waals surface area contributed by atoms with Crippen molar-refractivity contribution in [3.8, 4) is 28.5 Å². The summed E-state index contributed by atoms with van der Waals surface area (Å²) in [5, 5.41) is 10.1. The first-order valence-corrected chi connectivity index (χ1v) is 8.21. The first kappa shape index (κ1) is 18.9. The second-order valence-electron chi connectivity index (χ2n) is 5.53. The van der Waals surface area contributed by atoms with Gasteiger partial charge in [0.05, 0.1) is 27.5 Å². The van der Waals surface area contributed by atoms with Crippen molar-refractivity contribution in [3.63, 3.8) is 0 Å². The molecular weight excluding hydrogens is 364 g/mol. The molecule has 144 valence electrons. The van der Waals surface area contributed by atoms with E-state index in [2.05, 4.69) is 15.3 Å². The van der Waals surface area contributed by atoms with Gasteiger partial charge in [-0.25, -0.2) is 9.89 Å². The maximum absolute atomic E-state index is 12.7. The first-order chi connectivity index (χ1) is 13.6. The lowest BCUT2D eigenvalue weighted by atomic mass is 10.2. The van der Waals surface area contributed by atoms with Gasteiger partial charge in [-0.05, 0) is 12.1 Å². The summed E-state index contributed by atoms with van der Waals surface area (Å²) in [6.07, 6.45) is 1.33. The zero-order valence-corrected chi connectivity index (χ0v) is 15.5. The standard InChI is InChI=1S/C19H18N4O5/c1-26-14-10-9-13(16(27-2)17(14)28-3)11-20-23-18(24)15(21-22-19(23)25)12-7-5-4-6-8-12/h4-11H,1-3H3,(H,22,25)/b20-11+. The quantitative estimate of drug-likeness (QED) is 0.648. The number of hydrogen-bond acceptors (Lipinski definition) is 7. The molecule has 28 heavy (non-hydrogen) atoms. The van der Waals surface area contributed by atoms with E-state index < -0.39 is 11.2 Å². The van der Waals surface area contributed by atoms with Gasteiger partial charge < -0.3 is 14.2 Å². The van der Waals surface area contributed by atoms with Crippen LogP contribution in [0.2, 0.25) is 0 Å². The highest BCUT2D eigenvalue weighted by Crippen LogP contribution is 2.38. The average molecular weight is 382 g/mol. The number of aromatic nitrogens is 3. The lowest BCUT2D eigenvalue weighted by Gasteiger charge is -2.13. The van der Waals surface area contributed by atoms with E-state index >= 15 is 0 Å². The minimum absolute atomic E-state index is 0.0802. The number of hydrogen-bond donors (Lipinski definition) is 1. The van der Waals surface area contributed by atoms with E-state index in [1.54, 1.807) is 36.4 Å². The number of methoxy groups -OCH3 is 3. The molecule has 0 aliphatic rings. The van der Waals surface area contributed by atoms with Crippen molar-refractivity contribution in [2.45, 2.75) is 0 Å². The van der Waals surface area contributed by atoms with E-state index in [1.165, 1.54) is 27.5 Å². The molecule has 0 spiro atoms. The average Bonchev–Trinajstić information content (AvgIpc) is 2.73. The summed E-state index contributed by atoms with van der Waals surface area (Å²) < 4.78 is 16.6. The Balaban J connectivity index is 2.09. The van der Waals surface area contributed by atoms with Gasteiger partial charge in [-0.3, -0.25) is 4.79 Å². The van der Waals surface area contributed by atoms with E-state index in [-0.39, 0.29) is 5.69 Å². The molecule has 0 aliphatic heterocycles. The van der Waals surface area contributed by atoms with Crippen LogP contribution >= 0.6 is 0 Å². The summed E-state index contributed by atoms with van der Waals surface area (Å²) in [7, 11) is 4.45. The van der Waals surface area contributed by atoms with Crippen molar-refractivity contribution in [3.05, 3.63) is 68.9 Å². The van der Waals surface area contributed by atoms with Gasteiger partial charge >= 0.3 is 11.2 Å². The third-order valence-electron chi connectivity index (χ3n) is 3.94. The molecule has 0 unspecified atom stereocenters. The van der Waals surface area contributed by atoms with Crippen molar-refractivity contribution in [1.29, 1.82) is 0 Å². The second kappa shape index (κ2) is 8.21. The number of nitrogens with one attached hydrogen (secondary N) is 1. The Morgan fingerprint density at radius 1 is 0.964 bits per heavy atom. The Kier molecular flexibility index (Phi) is 5.54. The zero-order chi connectivity index (χ0) is 20.1. The summed E-state index contributed by atoms with van der Waals surface area (Å²) >= 11 is 0. The van der Waals surface area contributed by atoms with E-state index in [0.717, 1.165) is 0 Å². The van der Waals surface area contributed by atoms with Crippen LogP contribution in [0, 0.1) is 0 Å². The lowest BCUT2D eigenvalue weighted by molar-refractivity contribution is 0.324. The number of ether oxygens (including phenoxy) is 3. The molecule has 9 heteroatoms. The fourth-order valence-electron chi connectivity index (χ4n) is 2.63. The molecule has 0 aliphatic carbocycles. The van der Waals surface area contributed by atoms with Gasteiger partial charge in [0.1, 0.15) is 0 Å². The third kappa shape index (κ3) is 3.50. The van der Waals surface area contributed by atoms with Gasteiger partial charge in [0, 0.05) is 11.1 Å². The van der Waals surface area contributed by atoms with Crippen LogP contribution in [-0.4, -0.2) is 42.4 Å². The predicted octanol–water partition coefficient (Wildman–Crippen LogP) is 1.51. The highest BCUT2D eigenvalue weighted by Gasteiger charge is 2.15. The monoisotopic (exact) mass is 382 g/mol. The largest absolute Gasteiger partial charge is 0.493 e. The van der Waals surface area contributed by atoms with Crippen LogP contribution in [-0.2, 0) is 0 Å². The number of H-pyrrole nitrogens is 1. The van der Waals surface area contributed by atoms with Gasteiger partial charge in [-0.15, -0.1) is 4.68 Å². The zero-order valence-electron chi connectivity index (χ0n) is 15.5. The maximum atomic E-state index is 12.7. The molecule has 1 aromatic heterocycles. The van der Waals surface area contributed by atoms with Crippen LogP contribution in [0.3, 0.4) is 0 Å². The fraction of sp³-hybridized carbons (Fsp3) is 0.158. The molecule has 0 radical (unpaired) electrons. The van der Waals surface area contributed by atoms with Crippen molar-refractivity contribution < 1.29 is 14.2 Å². The molecule has 1 N–H and O–H groups in total. The van der Waals surface area contributed by atoms with Gasteiger partial charge in [-0.1, -0.05) is 30.3 Å². The summed E-state index contributed by atoms with van der Waals surface area (Å²) in [4.78, 5) is 24.8. The molecule has 0 saturated heterocycles. The minimum atomic E-state index is -0.764. The Morgan fingerprint density at radius 2 is 1.68 bits per heavy atom. The van der Waals surface area contributed by atoms with Crippen LogP contribution in [0.15, 0.2) is 57.2 Å². The fourth-order valence-corrected chi connectivity index (χ4v) is 2.63. The van der Waals surface area contributed by atoms with Crippen LogP contribution in [0.4, 0.5) is 0 Å². The number of benzene rings is 2. The predicted molar refractivity (Wildman–Crippen MR) is 104 cm³/mol. The Morgan fingerprint density at radius 3 is 2.32 bits per heavy atom. The molecule has 0 fully saturated rings. The van der Waals surface area contributed by atoms with Crippen LogP contribution in [0.5, 0.6) is 17.2 Å². The second-order valence-corrected chi connectivity index (χ2v) is 5.53. The van der Waals surface area contributed by atoms with E-state index in [9.17, 15) is 9.59 Å². The molecule has 0 amide bonds. The molecule has 0 bridgehead atoms. The van der Waals surface area contributed by atoms with E-state index in [4.69, 9.17) is 14.2 Å². The maximum Gasteiger partial charge on any atom is 0.365 e. The van der Waals surface area contributed by atoms with Crippen LogP contribution < -0.4 is 25.5 Å². The molecule has 1 heterocycles. The SMILES string of the molecule is COc1ccc(/C=N/n2c(=O)[nH]nc(-c3ccccc3)c2=O)c(OC)c1OC. The van der Waals surface area contributed by atoms with Gasteiger partial charge in [0.2, 0.25) is 5.75 Å². The highest BCUT2D eigenvalue weighted by atomic mass is 16.5. The Hall–Kier alpha value is -3.88. The van der Waals surface area contributed by atoms with Crippen LogP contribution in [0.25, 0.3) is 11.3 Å². The van der Waals surface area contributed by atoms with Gasteiger partial charge in [0.25, 0.3) is 0 Å². The van der Waals surface area contributed by atoms with Crippen molar-refractivity contribution in [2.75, 3.05) is 21.3 Å². The number of aromatic amines is 1. The van der Waals surface area contributed by atoms with Crippen molar-refractivity contribution in [2.24, 2.45) is 5.10 Å². The van der Waals surface area contributed by atoms with Crippen LogP contribution in [0.1, 0.15) is 5.56 Å². The summed E-state index contributed by atoms with van der Waals surface area (Å²) in [6, 6.07) is 12.1. The molecule has 0 atom stereocenters. The Labute approximate surface area is 159 Å². The third-order valence-corrected chi connectivity index (χ3v) is 3.94. The molecule has 9 nitrogen and oxygen atoms in total. The molecule has 3 rings (SSSR count). The Bertz CT molecular complexity index is 1120. The van der Waals surface area contributed by atoms with Crippen molar-refractivity contribution in [1.82, 2.24) is 14.9 Å². The molecule has 3 aromatic rings. The number of nitrogens with zero attached hydrogens (tertiary/aromatic N) is 3. The van der Waals surface area contributed by atoms with Gasteiger partial charge in [-0.2, -0.15) is 10.2 Å². The molecule has 2 aromatic carbocycles. The normalized spacial score (nSPS) is 10.8. The lowest BCUT2D eigenvalue weighted by Crippen LogP contribution is -2.34. The van der Waals surface area contributed by atoms with Crippen molar-refractivity contribution >= 4 is 6.21 Å². The molecule has 0 saturated carbocycles. The van der Waals surface area contributed by atoms with E-state index in [1.807, 2.05) is 6.07 Å². The molecular formula is C19H18N4O5. The topological polar surface area (TPSA) is 108 Å². The summed E-state index contributed by atoms with van der Waals surface area (Å²) in [6.45, 7) is 0. The number of rotatable bonds is 6. The smallest absolute Gasteiger partial charge is 0.365 e. The first-order valence-electron chi connectivity index (χ1n) is 8.21. The summed E-state index contributed by atoms with van der Waals surface area (Å²) in [5.41, 5.74) is -0.274. The van der Waals surface area contributed by atoms with Gasteiger partial charge in [0.15, 0.2) is 17.2 Å². The highest BCUT2D eigenvalue weighted by molar-refractivity contribution is 5.86. The minimum Gasteiger partial charge on any atom is -0.493 e.